The van der Waals surface area contributed by atoms with Crippen molar-refractivity contribution in [2.24, 2.45) is 11.1 Å². The van der Waals surface area contributed by atoms with Crippen molar-refractivity contribution in [1.82, 2.24) is 0 Å². The normalized spacial score (nSPS) is 32.8. The number of aliphatic hydroxyl groups excluding tert-OH is 1. The second kappa shape index (κ2) is 3.21. The summed E-state index contributed by atoms with van der Waals surface area (Å²) in [6.45, 7) is 0.516. The molecule has 0 aromatic heterocycles. The average molecular weight is 192 g/mol. The molecule has 1 amide bonds. The van der Waals surface area contributed by atoms with Crippen LogP contribution in [-0.4, -0.2) is 16.9 Å². The third-order valence-electron chi connectivity index (χ3n) is 2.48. The quantitative estimate of drug-likeness (QED) is 0.690. The molecule has 0 bridgehead atoms. The lowest BCUT2D eigenvalue weighted by Gasteiger charge is -2.36. The van der Waals surface area contributed by atoms with Crippen molar-refractivity contribution < 1.29 is 18.7 Å². The van der Waals surface area contributed by atoms with E-state index in [0.717, 1.165) is 0 Å². The monoisotopic (exact) mass is 192 g/mol. The number of carbonyl (C=O) groups excluding carboxylic acids is 1. The van der Waals surface area contributed by atoms with E-state index >= 15 is 0 Å². The van der Waals surface area contributed by atoms with Gasteiger partial charge in [-0.2, -0.15) is 0 Å². The van der Waals surface area contributed by atoms with Gasteiger partial charge in [-0.1, -0.05) is 0 Å². The summed E-state index contributed by atoms with van der Waals surface area (Å²) in [5.74, 6) is -3.78. The number of rotatable bonds is 2. The molecule has 1 unspecified atom stereocenters. The van der Waals surface area contributed by atoms with Gasteiger partial charge < -0.3 is 10.8 Å². The summed E-state index contributed by atoms with van der Waals surface area (Å²) >= 11 is 0. The number of carbonyl (C=O) groups is 1. The molecule has 1 saturated carbocycles. The van der Waals surface area contributed by atoms with Gasteiger partial charge in [-0.05, 0) is 12.8 Å². The molecule has 13 heavy (non-hydrogen) atoms. The number of nitrogens with two attached hydrogens (primary N) is 1. The van der Waals surface area contributed by atoms with Crippen LogP contribution >= 0.6 is 0 Å². The molecule has 5 heteroatoms. The highest BCUT2D eigenvalue weighted by Crippen LogP contribution is 2.45. The number of hydrogen-bond acceptors (Lipinski definition) is 2. The minimum atomic E-state index is -2.90. The molecular weight excluding hydrogens is 180 g/mol. The number of hydrogen-bond donors (Lipinski definition) is 2. The Morgan fingerprint density at radius 2 is 2.08 bits per heavy atom. The van der Waals surface area contributed by atoms with E-state index in [1.54, 1.807) is 0 Å². The highest BCUT2D eigenvalue weighted by molar-refractivity contribution is 5.82. The number of halogens is 2. The van der Waals surface area contributed by atoms with E-state index in [1.807, 2.05) is 0 Å². The van der Waals surface area contributed by atoms with E-state index in [9.17, 15) is 13.6 Å². The molecule has 1 aliphatic rings. The van der Waals surface area contributed by atoms with Gasteiger partial charge in [0.25, 0.3) is 0 Å². The second-order valence-corrected chi connectivity index (χ2v) is 3.54. The molecule has 0 aromatic carbocycles. The number of aliphatic hydroxyl groups is 1. The van der Waals surface area contributed by atoms with Crippen LogP contribution in [0, 0.1) is 12.0 Å². The Bertz CT molecular complexity index is 220. The fourth-order valence-corrected chi connectivity index (χ4v) is 1.68. The summed E-state index contributed by atoms with van der Waals surface area (Å²) in [5.41, 5.74) is 3.44. The van der Waals surface area contributed by atoms with Crippen molar-refractivity contribution in [2.45, 2.75) is 31.6 Å². The van der Waals surface area contributed by atoms with Gasteiger partial charge >= 0.3 is 0 Å². The van der Waals surface area contributed by atoms with E-state index in [1.165, 1.54) is 0 Å². The predicted octanol–water partition coefficient (Wildman–Crippen LogP) is 1.20. The SMILES string of the molecule is NC(=O)C1([CH]O)CCCC(F)(F)C1. The molecule has 3 nitrogen and oxygen atoms in total. The van der Waals surface area contributed by atoms with Crippen molar-refractivity contribution in [3.8, 4) is 0 Å². The first-order chi connectivity index (χ1) is 5.92. The van der Waals surface area contributed by atoms with Gasteiger partial charge in [0.15, 0.2) is 0 Å². The molecule has 1 rings (SSSR count). The van der Waals surface area contributed by atoms with Crippen LogP contribution in [0.4, 0.5) is 8.78 Å². The Morgan fingerprint density at radius 3 is 2.38 bits per heavy atom. The number of primary amides is 1. The van der Waals surface area contributed by atoms with E-state index in [0.29, 0.717) is 6.61 Å². The summed E-state index contributed by atoms with van der Waals surface area (Å²) in [6, 6.07) is 0. The maximum atomic E-state index is 12.9. The second-order valence-electron chi connectivity index (χ2n) is 3.54. The number of amides is 1. The molecule has 75 valence electrons. The Morgan fingerprint density at radius 1 is 1.46 bits per heavy atom. The van der Waals surface area contributed by atoms with Crippen LogP contribution in [0.25, 0.3) is 0 Å². The largest absolute Gasteiger partial charge is 0.389 e. The van der Waals surface area contributed by atoms with Crippen LogP contribution in [-0.2, 0) is 4.79 Å². The lowest BCUT2D eigenvalue weighted by Crippen LogP contribution is -2.45. The standard InChI is InChI=1S/C8H12F2NO2/c9-8(10)3-1-2-7(4-8,5-12)6(11)13/h5,12H,1-4H2,(H2,11,13). The average Bonchev–Trinajstić information content (AvgIpc) is 2.02. The Labute approximate surface area is 74.9 Å². The molecule has 0 saturated heterocycles. The smallest absolute Gasteiger partial charge is 0.249 e. The van der Waals surface area contributed by atoms with E-state index in [4.69, 9.17) is 10.8 Å². The van der Waals surface area contributed by atoms with Crippen LogP contribution in [0.1, 0.15) is 25.7 Å². The van der Waals surface area contributed by atoms with Gasteiger partial charge in [-0.3, -0.25) is 4.79 Å². The summed E-state index contributed by atoms with van der Waals surface area (Å²) in [6.07, 6.45) is -0.511. The van der Waals surface area contributed by atoms with Gasteiger partial charge in [0.1, 0.15) is 0 Å². The third kappa shape index (κ3) is 1.96. The fourth-order valence-electron chi connectivity index (χ4n) is 1.68. The maximum Gasteiger partial charge on any atom is 0.249 e. The zero-order chi connectivity index (χ0) is 10.1. The highest BCUT2D eigenvalue weighted by Gasteiger charge is 2.49. The van der Waals surface area contributed by atoms with Gasteiger partial charge in [0.05, 0.1) is 12.0 Å². The molecule has 0 spiro atoms. The number of alkyl halides is 2. The molecule has 1 atom stereocenters. The maximum absolute atomic E-state index is 12.9. The van der Waals surface area contributed by atoms with Crippen LogP contribution < -0.4 is 5.73 Å². The molecule has 0 aromatic rings. The lowest BCUT2D eigenvalue weighted by molar-refractivity contribution is -0.141. The summed E-state index contributed by atoms with van der Waals surface area (Å²) < 4.78 is 25.8. The summed E-state index contributed by atoms with van der Waals surface area (Å²) in [5, 5.41) is 8.78. The predicted molar refractivity (Wildman–Crippen MR) is 41.3 cm³/mol. The Hall–Kier alpha value is -0.710. The molecule has 0 heterocycles. The molecule has 1 radical (unpaired) electrons. The van der Waals surface area contributed by atoms with Gasteiger partial charge in [0.2, 0.25) is 11.8 Å². The highest BCUT2D eigenvalue weighted by atomic mass is 19.3. The van der Waals surface area contributed by atoms with Crippen molar-refractivity contribution >= 4 is 5.91 Å². The van der Waals surface area contributed by atoms with Crippen molar-refractivity contribution in [2.75, 3.05) is 0 Å². The minimum absolute atomic E-state index is 0.201. The van der Waals surface area contributed by atoms with Crippen LogP contribution in [0.2, 0.25) is 0 Å². The minimum Gasteiger partial charge on any atom is -0.389 e. The zero-order valence-corrected chi connectivity index (χ0v) is 7.09. The first kappa shape index (κ1) is 10.4. The third-order valence-corrected chi connectivity index (χ3v) is 2.48. The first-order valence-corrected chi connectivity index (χ1v) is 4.08. The Balaban J connectivity index is 2.82. The van der Waals surface area contributed by atoms with Crippen LogP contribution in [0.3, 0.4) is 0 Å². The van der Waals surface area contributed by atoms with E-state index < -0.39 is 23.7 Å². The zero-order valence-electron chi connectivity index (χ0n) is 7.09. The topological polar surface area (TPSA) is 63.3 Å². The molecule has 3 N–H and O–H groups in total. The lowest BCUT2D eigenvalue weighted by atomic mass is 9.72. The molecule has 1 fully saturated rings. The fraction of sp³-hybridized carbons (Fsp3) is 0.750. The first-order valence-electron chi connectivity index (χ1n) is 4.08. The van der Waals surface area contributed by atoms with Crippen LogP contribution in [0.5, 0.6) is 0 Å². The van der Waals surface area contributed by atoms with Crippen molar-refractivity contribution in [1.29, 1.82) is 0 Å². The molecular formula is C8H12F2NO2. The van der Waals surface area contributed by atoms with Crippen molar-refractivity contribution in [3.05, 3.63) is 6.61 Å². The summed E-state index contributed by atoms with van der Waals surface area (Å²) in [4.78, 5) is 10.9. The molecule has 1 aliphatic carbocycles. The molecule has 0 aliphatic heterocycles. The van der Waals surface area contributed by atoms with Gasteiger partial charge in [-0.15, -0.1) is 0 Å². The van der Waals surface area contributed by atoms with Gasteiger partial charge in [0, 0.05) is 12.8 Å². The van der Waals surface area contributed by atoms with Crippen molar-refractivity contribution in [3.63, 3.8) is 0 Å². The van der Waals surface area contributed by atoms with Crippen LogP contribution in [0.15, 0.2) is 0 Å². The Kier molecular flexibility index (Phi) is 2.56. The van der Waals surface area contributed by atoms with E-state index in [-0.39, 0.29) is 19.3 Å². The van der Waals surface area contributed by atoms with Gasteiger partial charge in [-0.25, -0.2) is 8.78 Å². The van der Waals surface area contributed by atoms with E-state index in [2.05, 4.69) is 0 Å². The summed E-state index contributed by atoms with van der Waals surface area (Å²) in [7, 11) is 0.